The van der Waals surface area contributed by atoms with Gasteiger partial charge in [0.15, 0.2) is 0 Å². The average molecular weight is 252 g/mol. The summed E-state index contributed by atoms with van der Waals surface area (Å²) in [5, 5.41) is 18.4. The molecule has 3 nitrogen and oxygen atoms in total. The molecule has 18 heavy (non-hydrogen) atoms. The fourth-order valence-corrected chi connectivity index (χ4v) is 2.79. The van der Waals surface area contributed by atoms with Gasteiger partial charge in [-0.25, -0.2) is 0 Å². The second-order valence-electron chi connectivity index (χ2n) is 6.37. The SMILES string of the molecule is CC(O)CC1CCCN1CCCCC(C)(C)C#N. The van der Waals surface area contributed by atoms with Gasteiger partial charge in [-0.15, -0.1) is 0 Å². The third-order valence-corrected chi connectivity index (χ3v) is 3.91. The molecule has 1 saturated heterocycles. The summed E-state index contributed by atoms with van der Waals surface area (Å²) >= 11 is 0. The summed E-state index contributed by atoms with van der Waals surface area (Å²) in [4.78, 5) is 2.52. The molecule has 2 unspecified atom stereocenters. The summed E-state index contributed by atoms with van der Waals surface area (Å²) in [5.74, 6) is 0. The van der Waals surface area contributed by atoms with Crippen molar-refractivity contribution in [1.82, 2.24) is 4.90 Å². The molecule has 1 heterocycles. The first-order chi connectivity index (χ1) is 8.44. The first kappa shape index (κ1) is 15.5. The van der Waals surface area contributed by atoms with Gasteiger partial charge in [0.05, 0.1) is 17.6 Å². The van der Waals surface area contributed by atoms with E-state index in [1.807, 2.05) is 20.8 Å². The molecule has 1 rings (SSSR count). The average Bonchev–Trinajstić information content (AvgIpc) is 2.71. The number of hydrogen-bond donors (Lipinski definition) is 1. The van der Waals surface area contributed by atoms with Crippen molar-refractivity contribution in [1.29, 1.82) is 5.26 Å². The Hall–Kier alpha value is -0.590. The summed E-state index contributed by atoms with van der Waals surface area (Å²) in [5.41, 5.74) is -0.177. The topological polar surface area (TPSA) is 47.3 Å². The van der Waals surface area contributed by atoms with Crippen LogP contribution in [0.4, 0.5) is 0 Å². The molecular weight excluding hydrogens is 224 g/mol. The Morgan fingerprint density at radius 2 is 2.17 bits per heavy atom. The Balaban J connectivity index is 2.21. The molecule has 2 atom stereocenters. The Morgan fingerprint density at radius 3 is 2.78 bits per heavy atom. The first-order valence-corrected chi connectivity index (χ1v) is 7.28. The highest BCUT2D eigenvalue weighted by Gasteiger charge is 2.25. The van der Waals surface area contributed by atoms with Crippen LogP contribution >= 0.6 is 0 Å². The molecule has 0 aromatic carbocycles. The predicted octanol–water partition coefficient (Wildman–Crippen LogP) is 2.94. The molecule has 0 aromatic heterocycles. The van der Waals surface area contributed by atoms with Crippen molar-refractivity contribution in [2.24, 2.45) is 5.41 Å². The molecule has 104 valence electrons. The van der Waals surface area contributed by atoms with Crippen LogP contribution in [0.3, 0.4) is 0 Å². The van der Waals surface area contributed by atoms with E-state index in [2.05, 4.69) is 11.0 Å². The van der Waals surface area contributed by atoms with Gasteiger partial charge in [-0.05, 0) is 66.0 Å². The molecule has 1 aliphatic rings. The summed E-state index contributed by atoms with van der Waals surface area (Å²) in [6.45, 7) is 8.21. The van der Waals surface area contributed by atoms with Gasteiger partial charge in [0, 0.05) is 6.04 Å². The number of unbranched alkanes of at least 4 members (excludes halogenated alkanes) is 1. The number of rotatable bonds is 7. The predicted molar refractivity (Wildman–Crippen MR) is 74.1 cm³/mol. The lowest BCUT2D eigenvalue weighted by molar-refractivity contribution is 0.132. The van der Waals surface area contributed by atoms with Crippen molar-refractivity contribution < 1.29 is 5.11 Å². The fraction of sp³-hybridized carbons (Fsp3) is 0.933. The van der Waals surface area contributed by atoms with Crippen LogP contribution in [0.15, 0.2) is 0 Å². The highest BCUT2D eigenvalue weighted by molar-refractivity contribution is 4.91. The second kappa shape index (κ2) is 7.11. The van der Waals surface area contributed by atoms with E-state index in [1.54, 1.807) is 0 Å². The molecule has 1 fully saturated rings. The van der Waals surface area contributed by atoms with Gasteiger partial charge in [0.1, 0.15) is 0 Å². The van der Waals surface area contributed by atoms with E-state index in [1.165, 1.54) is 25.8 Å². The van der Waals surface area contributed by atoms with E-state index in [0.29, 0.717) is 6.04 Å². The zero-order valence-corrected chi connectivity index (χ0v) is 12.2. The van der Waals surface area contributed by atoms with Crippen LogP contribution in [-0.2, 0) is 0 Å². The zero-order valence-electron chi connectivity index (χ0n) is 12.2. The molecule has 0 aromatic rings. The van der Waals surface area contributed by atoms with Gasteiger partial charge in [-0.2, -0.15) is 5.26 Å². The molecule has 0 amide bonds. The molecule has 0 aliphatic carbocycles. The number of nitriles is 1. The van der Waals surface area contributed by atoms with E-state index >= 15 is 0 Å². The quantitative estimate of drug-likeness (QED) is 0.709. The maximum Gasteiger partial charge on any atom is 0.0683 e. The standard InChI is InChI=1S/C15H28N2O/c1-13(18)11-14-7-6-10-17(14)9-5-4-8-15(2,3)12-16/h13-14,18H,4-11H2,1-3H3. The Labute approximate surface area is 112 Å². The van der Waals surface area contributed by atoms with Gasteiger partial charge < -0.3 is 10.0 Å². The van der Waals surface area contributed by atoms with Crippen LogP contribution < -0.4 is 0 Å². The Kier molecular flexibility index (Phi) is 6.11. The van der Waals surface area contributed by atoms with E-state index in [0.717, 1.165) is 25.8 Å². The van der Waals surface area contributed by atoms with E-state index in [9.17, 15) is 5.11 Å². The van der Waals surface area contributed by atoms with Crippen LogP contribution in [0.25, 0.3) is 0 Å². The summed E-state index contributed by atoms with van der Waals surface area (Å²) in [6, 6.07) is 2.94. The molecule has 0 spiro atoms. The fourth-order valence-electron chi connectivity index (χ4n) is 2.79. The molecule has 3 heteroatoms. The van der Waals surface area contributed by atoms with E-state index in [-0.39, 0.29) is 11.5 Å². The van der Waals surface area contributed by atoms with E-state index < -0.39 is 0 Å². The third kappa shape index (κ3) is 5.37. The molecular formula is C15H28N2O. The third-order valence-electron chi connectivity index (χ3n) is 3.91. The Morgan fingerprint density at radius 1 is 1.44 bits per heavy atom. The first-order valence-electron chi connectivity index (χ1n) is 7.28. The van der Waals surface area contributed by atoms with Crippen molar-refractivity contribution >= 4 is 0 Å². The molecule has 1 N–H and O–H groups in total. The molecule has 0 saturated carbocycles. The normalized spacial score (nSPS) is 22.9. The minimum Gasteiger partial charge on any atom is -0.393 e. The highest BCUT2D eigenvalue weighted by atomic mass is 16.3. The maximum absolute atomic E-state index is 9.48. The lowest BCUT2D eigenvalue weighted by Gasteiger charge is -2.25. The number of hydrogen-bond acceptors (Lipinski definition) is 3. The van der Waals surface area contributed by atoms with Crippen LogP contribution in [0, 0.1) is 16.7 Å². The lowest BCUT2D eigenvalue weighted by Crippen LogP contribution is -2.32. The van der Waals surface area contributed by atoms with Crippen molar-refractivity contribution in [2.45, 2.75) is 71.4 Å². The van der Waals surface area contributed by atoms with Gasteiger partial charge in [-0.1, -0.05) is 6.42 Å². The molecule has 1 aliphatic heterocycles. The van der Waals surface area contributed by atoms with Crippen molar-refractivity contribution in [3.63, 3.8) is 0 Å². The van der Waals surface area contributed by atoms with Gasteiger partial charge in [-0.3, -0.25) is 0 Å². The smallest absolute Gasteiger partial charge is 0.0683 e. The maximum atomic E-state index is 9.48. The highest BCUT2D eigenvalue weighted by Crippen LogP contribution is 2.24. The minimum atomic E-state index is -0.187. The minimum absolute atomic E-state index is 0.177. The lowest BCUT2D eigenvalue weighted by atomic mass is 9.89. The summed E-state index contributed by atoms with van der Waals surface area (Å²) in [7, 11) is 0. The van der Waals surface area contributed by atoms with Crippen molar-refractivity contribution in [3.05, 3.63) is 0 Å². The summed E-state index contributed by atoms with van der Waals surface area (Å²) < 4.78 is 0. The van der Waals surface area contributed by atoms with Gasteiger partial charge >= 0.3 is 0 Å². The molecule has 0 radical (unpaired) electrons. The zero-order chi connectivity index (χ0) is 13.6. The Bertz CT molecular complexity index is 281. The number of likely N-dealkylation sites (tertiary alicyclic amines) is 1. The van der Waals surface area contributed by atoms with Crippen LogP contribution in [0.5, 0.6) is 0 Å². The van der Waals surface area contributed by atoms with E-state index in [4.69, 9.17) is 5.26 Å². The summed E-state index contributed by atoms with van der Waals surface area (Å²) in [6.07, 6.45) is 6.49. The number of nitrogens with zero attached hydrogens (tertiary/aromatic N) is 2. The number of aliphatic hydroxyl groups excluding tert-OH is 1. The van der Waals surface area contributed by atoms with Crippen molar-refractivity contribution in [2.75, 3.05) is 13.1 Å². The molecule has 0 bridgehead atoms. The number of aliphatic hydroxyl groups is 1. The van der Waals surface area contributed by atoms with Crippen molar-refractivity contribution in [3.8, 4) is 6.07 Å². The van der Waals surface area contributed by atoms with Gasteiger partial charge in [0.25, 0.3) is 0 Å². The van der Waals surface area contributed by atoms with Gasteiger partial charge in [0.2, 0.25) is 0 Å². The second-order valence-corrected chi connectivity index (χ2v) is 6.37. The van der Waals surface area contributed by atoms with Crippen LogP contribution in [-0.4, -0.2) is 35.2 Å². The largest absolute Gasteiger partial charge is 0.393 e. The van der Waals surface area contributed by atoms with Crippen LogP contribution in [0.1, 0.15) is 59.3 Å². The monoisotopic (exact) mass is 252 g/mol. The van der Waals surface area contributed by atoms with Crippen LogP contribution in [0.2, 0.25) is 0 Å².